The smallest absolute Gasteiger partial charge is 0.277 e. The summed E-state index contributed by atoms with van der Waals surface area (Å²) in [4.78, 5) is 76.8. The molecular formula is C32H42N4O10Y3. The fourth-order valence-electron chi connectivity index (χ4n) is 6.73. The number of ketones is 2. The molecule has 17 heteroatoms. The van der Waals surface area contributed by atoms with Crippen molar-refractivity contribution in [3.05, 3.63) is 55.4 Å². The number of pyridine rings is 2. The quantitative estimate of drug-likeness (QED) is 0.434. The van der Waals surface area contributed by atoms with Crippen LogP contribution in [0.5, 0.6) is 11.5 Å². The number of nitrogens with zero attached hydrogens (tertiary/aromatic N) is 4. The first-order valence-corrected chi connectivity index (χ1v) is 15.0. The van der Waals surface area contributed by atoms with E-state index in [1.54, 1.807) is 37.5 Å². The van der Waals surface area contributed by atoms with E-state index in [0.717, 1.165) is 0 Å². The van der Waals surface area contributed by atoms with Crippen molar-refractivity contribution in [2.45, 2.75) is 105 Å². The molecule has 0 aliphatic carbocycles. The number of rotatable bonds is 4. The molecule has 2 amide bonds. The number of carbonyl (C=O) groups excluding carboxylic acids is 4. The minimum Gasteiger partial charge on any atom is -0.503 e. The van der Waals surface area contributed by atoms with Gasteiger partial charge in [0.15, 0.2) is 45.9 Å². The Labute approximate surface area is 360 Å². The third-order valence-electron chi connectivity index (χ3n) is 9.01. The van der Waals surface area contributed by atoms with E-state index in [-0.39, 0.29) is 178 Å². The monoisotopic (exact) mass is 909 g/mol. The first-order valence-electron chi connectivity index (χ1n) is 15.0. The standard InChI is InChI=1S/C16H20N2O5.C15H18N2O5.CH4.3Y/c1-4-11(19)10-7-17-8-16(3)18(9(2)5-6-23-16)15(22)12(17)14(21)13(10)20;1-4-10(18)9-5-16-7-15(3)17(8(2)6-22-15)14(21)11(16)13(20)12(9)19;;;;/h7,9,21H,4-6,8H2,1-3H3;5,8,20H,4,6-7H2,1-3H3;1H4;;;/t9-,16+;8-,15+;;;;/m10..../s1. The van der Waals surface area contributed by atoms with Crippen LogP contribution in [0.4, 0.5) is 0 Å². The van der Waals surface area contributed by atoms with Crippen LogP contribution >= 0.6 is 0 Å². The molecule has 2 aromatic rings. The van der Waals surface area contributed by atoms with Gasteiger partial charge < -0.3 is 38.6 Å². The molecule has 3 radical (unpaired) electrons. The van der Waals surface area contributed by atoms with Gasteiger partial charge in [0, 0.05) is 129 Å². The van der Waals surface area contributed by atoms with Gasteiger partial charge in [-0.1, -0.05) is 21.3 Å². The molecule has 0 saturated carbocycles. The van der Waals surface area contributed by atoms with Crippen LogP contribution in [0, 0.1) is 0 Å². The summed E-state index contributed by atoms with van der Waals surface area (Å²) in [6, 6.07) is -0.195. The third-order valence-corrected chi connectivity index (χ3v) is 9.01. The van der Waals surface area contributed by atoms with Crippen LogP contribution in [0.25, 0.3) is 0 Å². The molecule has 49 heavy (non-hydrogen) atoms. The zero-order chi connectivity index (χ0) is 33.2. The molecule has 2 aromatic heterocycles. The fourth-order valence-corrected chi connectivity index (χ4v) is 6.73. The normalized spacial score (nSPS) is 24.5. The molecule has 14 nitrogen and oxygen atoms in total. The van der Waals surface area contributed by atoms with Gasteiger partial charge in [0.05, 0.1) is 43.5 Å². The third kappa shape index (κ3) is 7.87. The minimum atomic E-state index is -0.851. The van der Waals surface area contributed by atoms with Crippen LogP contribution in [0.3, 0.4) is 0 Å². The Hall–Kier alpha value is -0.988. The molecule has 6 heterocycles. The summed E-state index contributed by atoms with van der Waals surface area (Å²) in [5, 5.41) is 20.4. The number of fused-ring (bicyclic) bond motifs is 4. The molecule has 0 spiro atoms. The first kappa shape index (κ1) is 46.0. The van der Waals surface area contributed by atoms with E-state index in [0.29, 0.717) is 19.6 Å². The zero-order valence-corrected chi connectivity index (χ0v) is 36.5. The summed E-state index contributed by atoms with van der Waals surface area (Å²) >= 11 is 0. The van der Waals surface area contributed by atoms with Crippen molar-refractivity contribution < 1.29 is 137 Å². The largest absolute Gasteiger partial charge is 0.503 e. The number of hydrogen-bond donors (Lipinski definition) is 2. The van der Waals surface area contributed by atoms with Gasteiger partial charge in [-0.25, -0.2) is 0 Å². The Morgan fingerprint density at radius 3 is 1.55 bits per heavy atom. The summed E-state index contributed by atoms with van der Waals surface area (Å²) in [7, 11) is 0. The average molecular weight is 909 g/mol. The van der Waals surface area contributed by atoms with Gasteiger partial charge in [-0.15, -0.1) is 0 Å². The minimum absolute atomic E-state index is 0. The molecule has 4 atom stereocenters. The fraction of sp³-hybridized carbons (Fsp3) is 0.562. The van der Waals surface area contributed by atoms with E-state index in [1.807, 2.05) is 13.8 Å². The van der Waals surface area contributed by atoms with Crippen molar-refractivity contribution in [1.29, 1.82) is 0 Å². The molecule has 2 N–H and O–H groups in total. The maximum atomic E-state index is 12.8. The SMILES string of the molecule is C.CCC(=O)c1cn2c(c(O)c1=O)C(=O)N1[C@@H](C)CO[C@]1(C)C2.CCC(=O)c1cn2c(c(O)c1=O)C(=O)N1[C@H](C)CCO[C@@]1(C)C2.[Y].[Y].[Y]. The molecule has 4 aliphatic heterocycles. The molecule has 0 aromatic carbocycles. The summed E-state index contributed by atoms with van der Waals surface area (Å²) in [6.07, 6.45) is 3.72. The van der Waals surface area contributed by atoms with Crippen molar-refractivity contribution in [1.82, 2.24) is 18.9 Å². The summed E-state index contributed by atoms with van der Waals surface area (Å²) in [6.45, 7) is 12.1. The van der Waals surface area contributed by atoms with Gasteiger partial charge in [-0.3, -0.25) is 28.8 Å². The molecule has 6 rings (SSSR count). The van der Waals surface area contributed by atoms with Gasteiger partial charge in [-0.05, 0) is 34.1 Å². The second-order valence-electron chi connectivity index (χ2n) is 12.3. The van der Waals surface area contributed by atoms with E-state index < -0.39 is 45.6 Å². The van der Waals surface area contributed by atoms with Crippen molar-refractivity contribution in [3.63, 3.8) is 0 Å². The number of aromatic nitrogens is 2. The van der Waals surface area contributed by atoms with Crippen molar-refractivity contribution >= 4 is 23.4 Å². The van der Waals surface area contributed by atoms with Crippen molar-refractivity contribution in [3.8, 4) is 11.5 Å². The molecule has 4 aliphatic rings. The Morgan fingerprint density at radius 1 is 0.755 bits per heavy atom. The Balaban J connectivity index is 0.000000453. The molecule has 2 saturated heterocycles. The Kier molecular flexibility index (Phi) is 16.2. The Morgan fingerprint density at radius 2 is 1.14 bits per heavy atom. The number of hydrogen-bond acceptors (Lipinski definition) is 10. The number of amides is 2. The van der Waals surface area contributed by atoms with E-state index in [9.17, 15) is 39.0 Å². The summed E-state index contributed by atoms with van der Waals surface area (Å²) < 4.78 is 14.4. The Bertz CT molecular complexity index is 1760. The van der Waals surface area contributed by atoms with Crippen molar-refractivity contribution in [2.24, 2.45) is 0 Å². The van der Waals surface area contributed by atoms with E-state index >= 15 is 0 Å². The molecule has 259 valence electrons. The average Bonchev–Trinajstić information content (AvgIpc) is 3.29. The predicted octanol–water partition coefficient (Wildman–Crippen LogP) is 2.49. The van der Waals surface area contributed by atoms with E-state index in [2.05, 4.69) is 0 Å². The predicted molar refractivity (Wildman–Crippen MR) is 165 cm³/mol. The van der Waals surface area contributed by atoms with E-state index in [1.165, 1.54) is 21.5 Å². The zero-order valence-electron chi connectivity index (χ0n) is 27.9. The second-order valence-corrected chi connectivity index (χ2v) is 12.3. The number of ether oxygens (including phenoxy) is 2. The topological polar surface area (TPSA) is 178 Å². The summed E-state index contributed by atoms with van der Waals surface area (Å²) in [5.74, 6) is -2.95. The van der Waals surface area contributed by atoms with Gasteiger partial charge >= 0.3 is 0 Å². The van der Waals surface area contributed by atoms with Crippen LogP contribution in [0.15, 0.2) is 22.0 Å². The van der Waals surface area contributed by atoms with Crippen molar-refractivity contribution in [2.75, 3.05) is 13.2 Å². The number of aromatic hydroxyl groups is 2. The second kappa shape index (κ2) is 17.2. The summed E-state index contributed by atoms with van der Waals surface area (Å²) in [5.41, 5.74) is -3.60. The van der Waals surface area contributed by atoms with Crippen LogP contribution in [-0.2, 0) is 121 Å². The van der Waals surface area contributed by atoms with Gasteiger partial charge in [0.2, 0.25) is 10.9 Å². The first-order chi connectivity index (χ1) is 21.1. The molecular weight excluding hydrogens is 867 g/mol. The van der Waals surface area contributed by atoms with Gasteiger partial charge in [0.25, 0.3) is 11.8 Å². The van der Waals surface area contributed by atoms with Crippen LogP contribution < -0.4 is 10.9 Å². The molecule has 2 fully saturated rings. The maximum Gasteiger partial charge on any atom is 0.277 e. The van der Waals surface area contributed by atoms with Crippen LogP contribution in [0.1, 0.15) is 110 Å². The molecule has 0 bridgehead atoms. The number of carbonyl (C=O) groups is 4. The number of Topliss-reactive ketones (excluding diaryl/α,β-unsaturated/α-hetero) is 2. The molecule has 0 unspecified atom stereocenters. The van der Waals surface area contributed by atoms with E-state index in [4.69, 9.17) is 9.47 Å². The van der Waals surface area contributed by atoms with Gasteiger partial charge in [0.1, 0.15) is 0 Å². The van der Waals surface area contributed by atoms with Gasteiger partial charge in [-0.2, -0.15) is 0 Å². The van der Waals surface area contributed by atoms with Crippen LogP contribution in [-0.4, -0.2) is 89.3 Å². The maximum absolute atomic E-state index is 12.8. The van der Waals surface area contributed by atoms with Crippen LogP contribution in [0.2, 0.25) is 0 Å².